The number of rotatable bonds is 11. The molecule has 0 heterocycles. The van der Waals surface area contributed by atoms with Crippen LogP contribution in [0.25, 0.3) is 0 Å². The van der Waals surface area contributed by atoms with Gasteiger partial charge in [0.25, 0.3) is 0 Å². The quantitative estimate of drug-likeness (QED) is 0.604. The zero-order chi connectivity index (χ0) is 13.8. The van der Waals surface area contributed by atoms with Gasteiger partial charge in [0.05, 0.1) is 6.61 Å². The molecule has 0 amide bonds. The van der Waals surface area contributed by atoms with Gasteiger partial charge in [0, 0.05) is 18.8 Å². The smallest absolute Gasteiger partial charge is 0.0606 e. The fraction of sp³-hybridized carbons (Fsp3) is 0.647. The van der Waals surface area contributed by atoms with Crippen LogP contribution in [0.4, 0.5) is 5.69 Å². The molecule has 0 radical (unpaired) electrons. The molecule has 0 saturated heterocycles. The fourth-order valence-electron chi connectivity index (χ4n) is 2.39. The van der Waals surface area contributed by atoms with Crippen molar-refractivity contribution < 1.29 is 5.11 Å². The van der Waals surface area contributed by atoms with Crippen LogP contribution in [0, 0.1) is 0 Å². The third kappa shape index (κ3) is 7.22. The highest BCUT2D eigenvalue weighted by molar-refractivity contribution is 5.45. The molecule has 1 aromatic rings. The number of unbranched alkanes of at least 4 members (excludes halogenated alkanes) is 6. The first kappa shape index (κ1) is 16.0. The van der Waals surface area contributed by atoms with E-state index < -0.39 is 0 Å². The third-order valence-electron chi connectivity index (χ3n) is 3.52. The second-order valence-electron chi connectivity index (χ2n) is 5.17. The third-order valence-corrected chi connectivity index (χ3v) is 3.52. The summed E-state index contributed by atoms with van der Waals surface area (Å²) in [5, 5.41) is 9.16. The molecule has 1 N–H and O–H groups in total. The molecule has 0 saturated carbocycles. The largest absolute Gasteiger partial charge is 0.395 e. The zero-order valence-corrected chi connectivity index (χ0v) is 12.4. The summed E-state index contributed by atoms with van der Waals surface area (Å²) in [5.74, 6) is 0. The van der Waals surface area contributed by atoms with Gasteiger partial charge >= 0.3 is 0 Å². The number of para-hydroxylation sites is 1. The Balaban J connectivity index is 2.20. The minimum absolute atomic E-state index is 0.228. The molecule has 2 nitrogen and oxygen atoms in total. The predicted molar refractivity (Wildman–Crippen MR) is 83.7 cm³/mol. The molecule has 0 atom stereocenters. The van der Waals surface area contributed by atoms with Crippen LogP contribution in [0.15, 0.2) is 30.3 Å². The monoisotopic (exact) mass is 263 g/mol. The maximum Gasteiger partial charge on any atom is 0.0606 e. The van der Waals surface area contributed by atoms with Crippen LogP contribution in [-0.2, 0) is 0 Å². The van der Waals surface area contributed by atoms with E-state index in [1.807, 2.05) is 6.07 Å². The summed E-state index contributed by atoms with van der Waals surface area (Å²) in [6.45, 7) is 4.27. The maximum absolute atomic E-state index is 9.16. The van der Waals surface area contributed by atoms with Gasteiger partial charge < -0.3 is 10.0 Å². The summed E-state index contributed by atoms with van der Waals surface area (Å²) in [4.78, 5) is 2.28. The number of nitrogens with zero attached hydrogens (tertiary/aromatic N) is 1. The van der Waals surface area contributed by atoms with Gasteiger partial charge in [0.1, 0.15) is 0 Å². The summed E-state index contributed by atoms with van der Waals surface area (Å²) in [5.41, 5.74) is 1.22. The van der Waals surface area contributed by atoms with Gasteiger partial charge in [-0.2, -0.15) is 0 Å². The van der Waals surface area contributed by atoms with E-state index in [9.17, 15) is 0 Å². The van der Waals surface area contributed by atoms with Gasteiger partial charge in [-0.25, -0.2) is 0 Å². The SMILES string of the molecule is CCCCCCCCCN(CCO)c1ccccc1. The molecule has 0 spiro atoms. The van der Waals surface area contributed by atoms with Crippen molar-refractivity contribution in [3.05, 3.63) is 30.3 Å². The molecule has 1 aromatic carbocycles. The first-order valence-electron chi connectivity index (χ1n) is 7.79. The molecule has 0 aromatic heterocycles. The lowest BCUT2D eigenvalue weighted by Gasteiger charge is -2.23. The van der Waals surface area contributed by atoms with Crippen molar-refractivity contribution in [2.45, 2.75) is 51.9 Å². The molecule has 0 unspecified atom stereocenters. The lowest BCUT2D eigenvalue weighted by molar-refractivity contribution is 0.301. The van der Waals surface area contributed by atoms with Crippen LogP contribution in [0.3, 0.4) is 0 Å². The average Bonchev–Trinajstić information content (AvgIpc) is 2.46. The highest BCUT2D eigenvalue weighted by atomic mass is 16.3. The van der Waals surface area contributed by atoms with Gasteiger partial charge in [-0.1, -0.05) is 63.6 Å². The predicted octanol–water partition coefficient (Wildman–Crippen LogP) is 4.24. The van der Waals surface area contributed by atoms with Gasteiger partial charge in [-0.05, 0) is 18.6 Å². The Morgan fingerprint density at radius 2 is 1.47 bits per heavy atom. The van der Waals surface area contributed by atoms with Gasteiger partial charge in [-0.15, -0.1) is 0 Å². The molecule has 0 aliphatic carbocycles. The molecular weight excluding hydrogens is 234 g/mol. The summed E-state index contributed by atoms with van der Waals surface area (Å²) < 4.78 is 0. The molecule has 0 fully saturated rings. The van der Waals surface area contributed by atoms with Crippen molar-refractivity contribution in [2.75, 3.05) is 24.6 Å². The topological polar surface area (TPSA) is 23.5 Å². The molecule has 19 heavy (non-hydrogen) atoms. The van der Waals surface area contributed by atoms with E-state index in [0.717, 1.165) is 13.1 Å². The summed E-state index contributed by atoms with van der Waals surface area (Å²) in [6.07, 6.45) is 9.33. The van der Waals surface area contributed by atoms with E-state index in [0.29, 0.717) is 0 Å². The van der Waals surface area contributed by atoms with Crippen LogP contribution in [0.1, 0.15) is 51.9 Å². The minimum Gasteiger partial charge on any atom is -0.395 e. The molecule has 1 rings (SSSR count). The number of benzene rings is 1. The Kier molecular flexibility index (Phi) is 9.17. The number of hydrogen-bond acceptors (Lipinski definition) is 2. The summed E-state index contributed by atoms with van der Waals surface area (Å²) in [7, 11) is 0. The standard InChI is InChI=1S/C17H29NO/c1-2-3-4-5-6-7-11-14-18(15-16-19)17-12-9-8-10-13-17/h8-10,12-13,19H,2-7,11,14-16H2,1H3. The Bertz CT molecular complexity index is 299. The Morgan fingerprint density at radius 1 is 0.842 bits per heavy atom. The average molecular weight is 263 g/mol. The molecule has 2 heteroatoms. The molecule has 0 bridgehead atoms. The number of aliphatic hydroxyl groups is 1. The van der Waals surface area contributed by atoms with Crippen molar-refractivity contribution in [2.24, 2.45) is 0 Å². The van der Waals surface area contributed by atoms with E-state index in [1.54, 1.807) is 0 Å². The Hall–Kier alpha value is -1.02. The van der Waals surface area contributed by atoms with Crippen LogP contribution in [0.5, 0.6) is 0 Å². The summed E-state index contributed by atoms with van der Waals surface area (Å²) in [6, 6.07) is 10.4. The van der Waals surface area contributed by atoms with Crippen LogP contribution in [-0.4, -0.2) is 24.8 Å². The number of aliphatic hydroxyl groups excluding tert-OH is 1. The number of anilines is 1. The first-order valence-corrected chi connectivity index (χ1v) is 7.79. The van der Waals surface area contributed by atoms with Crippen molar-refractivity contribution >= 4 is 5.69 Å². The first-order chi connectivity index (χ1) is 9.38. The maximum atomic E-state index is 9.16. The van der Waals surface area contributed by atoms with Crippen molar-refractivity contribution in [3.63, 3.8) is 0 Å². The molecule has 0 aliphatic rings. The Labute approximate surface area is 118 Å². The summed E-state index contributed by atoms with van der Waals surface area (Å²) >= 11 is 0. The van der Waals surface area contributed by atoms with Crippen molar-refractivity contribution in [3.8, 4) is 0 Å². The van der Waals surface area contributed by atoms with E-state index in [1.165, 1.54) is 50.6 Å². The lowest BCUT2D eigenvalue weighted by atomic mass is 10.1. The van der Waals surface area contributed by atoms with E-state index in [4.69, 9.17) is 5.11 Å². The van der Waals surface area contributed by atoms with Gasteiger partial charge in [0.15, 0.2) is 0 Å². The molecule has 0 aliphatic heterocycles. The van der Waals surface area contributed by atoms with Crippen LogP contribution in [0.2, 0.25) is 0 Å². The van der Waals surface area contributed by atoms with Crippen molar-refractivity contribution in [1.29, 1.82) is 0 Å². The van der Waals surface area contributed by atoms with E-state index in [2.05, 4.69) is 36.1 Å². The van der Waals surface area contributed by atoms with Crippen LogP contribution < -0.4 is 4.90 Å². The second-order valence-corrected chi connectivity index (χ2v) is 5.17. The molecular formula is C17H29NO. The minimum atomic E-state index is 0.228. The van der Waals surface area contributed by atoms with Gasteiger partial charge in [-0.3, -0.25) is 0 Å². The highest BCUT2D eigenvalue weighted by Crippen LogP contribution is 2.14. The second kappa shape index (κ2) is 10.9. The number of hydrogen-bond donors (Lipinski definition) is 1. The lowest BCUT2D eigenvalue weighted by Crippen LogP contribution is -2.27. The van der Waals surface area contributed by atoms with Crippen molar-refractivity contribution in [1.82, 2.24) is 0 Å². The fourth-order valence-corrected chi connectivity index (χ4v) is 2.39. The van der Waals surface area contributed by atoms with E-state index >= 15 is 0 Å². The Morgan fingerprint density at radius 3 is 2.11 bits per heavy atom. The van der Waals surface area contributed by atoms with Crippen LogP contribution >= 0.6 is 0 Å². The molecule has 108 valence electrons. The van der Waals surface area contributed by atoms with E-state index in [-0.39, 0.29) is 6.61 Å². The van der Waals surface area contributed by atoms with Gasteiger partial charge in [0.2, 0.25) is 0 Å². The zero-order valence-electron chi connectivity index (χ0n) is 12.4. The highest BCUT2D eigenvalue weighted by Gasteiger charge is 2.04. The normalized spacial score (nSPS) is 10.6.